The highest BCUT2D eigenvalue weighted by atomic mass is 35.5. The fraction of sp³-hybridized carbons (Fsp3) is 0.222. The van der Waals surface area contributed by atoms with Crippen molar-refractivity contribution in [3.05, 3.63) is 58.6 Å². The van der Waals surface area contributed by atoms with Crippen LogP contribution in [0.4, 0.5) is 5.69 Å². The number of imide groups is 1. The molecule has 2 amide bonds. The number of aryl methyl sites for hydroxylation is 1. The predicted molar refractivity (Wildman–Crippen MR) is 102 cm³/mol. The molecule has 0 aromatic heterocycles. The first-order valence-corrected chi connectivity index (χ1v) is 10.1. The molecule has 2 aromatic carbocycles. The maximum absolute atomic E-state index is 12.6. The van der Waals surface area contributed by atoms with E-state index >= 15 is 0 Å². The zero-order valence-electron chi connectivity index (χ0n) is 14.5. The standard InChI is InChI=1S/C18H18ClN3O4S/c1-11-2-5-13(8-15(11)19)22-17(23)9-16(18(22)24)21-10-12-3-6-14(7-4-12)27(20,25)26/h2-8,16,21H,9-10H2,1H3,(H2,20,25,26). The minimum absolute atomic E-state index is 0.0146. The molecule has 2 aromatic rings. The van der Waals surface area contributed by atoms with Crippen molar-refractivity contribution < 1.29 is 18.0 Å². The summed E-state index contributed by atoms with van der Waals surface area (Å²) < 4.78 is 22.5. The lowest BCUT2D eigenvalue weighted by atomic mass is 10.2. The van der Waals surface area contributed by atoms with Gasteiger partial charge in [-0.05, 0) is 42.3 Å². The van der Waals surface area contributed by atoms with Gasteiger partial charge in [-0.3, -0.25) is 9.59 Å². The Bertz CT molecular complexity index is 1010. The van der Waals surface area contributed by atoms with Crippen LogP contribution in [-0.2, 0) is 26.2 Å². The summed E-state index contributed by atoms with van der Waals surface area (Å²) in [6.07, 6.45) is 0.0413. The number of hydrogen-bond donors (Lipinski definition) is 2. The molecule has 1 aliphatic heterocycles. The molecule has 1 atom stereocenters. The second-order valence-corrected chi connectivity index (χ2v) is 8.30. The number of halogens is 1. The Balaban J connectivity index is 1.69. The molecule has 1 unspecified atom stereocenters. The van der Waals surface area contributed by atoms with Crippen molar-refractivity contribution in [2.24, 2.45) is 5.14 Å². The average molecular weight is 408 g/mol. The number of nitrogens with two attached hydrogens (primary N) is 1. The number of carbonyl (C=O) groups excluding carboxylic acids is 2. The number of sulfonamides is 1. The maximum atomic E-state index is 12.6. The molecular formula is C18H18ClN3O4S. The van der Waals surface area contributed by atoms with E-state index in [-0.39, 0.29) is 23.1 Å². The number of nitrogens with one attached hydrogen (secondary N) is 1. The third-order valence-corrected chi connectivity index (χ3v) is 5.70. The summed E-state index contributed by atoms with van der Waals surface area (Å²) >= 11 is 6.09. The van der Waals surface area contributed by atoms with Crippen molar-refractivity contribution in [2.75, 3.05) is 4.90 Å². The van der Waals surface area contributed by atoms with Gasteiger partial charge in [-0.25, -0.2) is 18.5 Å². The number of rotatable bonds is 5. The van der Waals surface area contributed by atoms with E-state index in [4.69, 9.17) is 16.7 Å². The molecule has 1 fully saturated rings. The van der Waals surface area contributed by atoms with Gasteiger partial charge in [0.1, 0.15) is 0 Å². The smallest absolute Gasteiger partial charge is 0.251 e. The van der Waals surface area contributed by atoms with Crippen molar-refractivity contribution in [3.63, 3.8) is 0 Å². The SMILES string of the molecule is Cc1ccc(N2C(=O)CC(NCc3ccc(S(N)(=O)=O)cc3)C2=O)cc1Cl. The van der Waals surface area contributed by atoms with E-state index in [1.807, 2.05) is 6.92 Å². The van der Waals surface area contributed by atoms with E-state index in [9.17, 15) is 18.0 Å². The van der Waals surface area contributed by atoms with Crippen LogP contribution in [0.1, 0.15) is 17.5 Å². The molecule has 1 heterocycles. The molecule has 1 aliphatic rings. The molecule has 3 rings (SSSR count). The van der Waals surface area contributed by atoms with Crippen LogP contribution in [-0.4, -0.2) is 26.3 Å². The Labute approximate surface area is 162 Å². The summed E-state index contributed by atoms with van der Waals surface area (Å²) in [4.78, 5) is 26.1. The van der Waals surface area contributed by atoms with Gasteiger partial charge in [0.2, 0.25) is 15.9 Å². The van der Waals surface area contributed by atoms with Crippen LogP contribution in [0.15, 0.2) is 47.4 Å². The molecule has 142 valence electrons. The molecular weight excluding hydrogens is 390 g/mol. The van der Waals surface area contributed by atoms with Gasteiger partial charge in [0.05, 0.1) is 23.0 Å². The van der Waals surface area contributed by atoms with Gasteiger partial charge in [0.15, 0.2) is 0 Å². The largest absolute Gasteiger partial charge is 0.301 e. The zero-order chi connectivity index (χ0) is 19.8. The molecule has 3 N–H and O–H groups in total. The van der Waals surface area contributed by atoms with Crippen molar-refractivity contribution in [3.8, 4) is 0 Å². The Morgan fingerprint density at radius 1 is 1.19 bits per heavy atom. The Hall–Kier alpha value is -2.26. The maximum Gasteiger partial charge on any atom is 0.251 e. The lowest BCUT2D eigenvalue weighted by Crippen LogP contribution is -2.38. The molecule has 7 nitrogen and oxygen atoms in total. The second kappa shape index (κ2) is 7.40. The summed E-state index contributed by atoms with van der Waals surface area (Å²) in [7, 11) is -3.75. The molecule has 1 saturated heterocycles. The summed E-state index contributed by atoms with van der Waals surface area (Å²) in [5.41, 5.74) is 2.07. The highest BCUT2D eigenvalue weighted by Crippen LogP contribution is 2.27. The van der Waals surface area contributed by atoms with Crippen LogP contribution >= 0.6 is 11.6 Å². The molecule has 0 radical (unpaired) electrons. The third kappa shape index (κ3) is 4.19. The quantitative estimate of drug-likeness (QED) is 0.733. The van der Waals surface area contributed by atoms with E-state index in [0.717, 1.165) is 16.0 Å². The predicted octanol–water partition coefficient (Wildman–Crippen LogP) is 1.72. The summed E-state index contributed by atoms with van der Waals surface area (Å²) in [5, 5.41) is 8.59. The zero-order valence-corrected chi connectivity index (χ0v) is 16.0. The molecule has 27 heavy (non-hydrogen) atoms. The normalized spacial score (nSPS) is 17.6. The first-order valence-electron chi connectivity index (χ1n) is 8.15. The monoisotopic (exact) mass is 407 g/mol. The number of carbonyl (C=O) groups is 2. The molecule has 0 spiro atoms. The van der Waals surface area contributed by atoms with Gasteiger partial charge in [-0.1, -0.05) is 29.8 Å². The average Bonchev–Trinajstić information content (AvgIpc) is 2.89. The van der Waals surface area contributed by atoms with Crippen LogP contribution in [0.5, 0.6) is 0 Å². The molecule has 0 saturated carbocycles. The van der Waals surface area contributed by atoms with Crippen molar-refractivity contribution >= 4 is 39.1 Å². The number of nitrogens with zero attached hydrogens (tertiary/aromatic N) is 1. The van der Waals surface area contributed by atoms with Gasteiger partial charge in [0, 0.05) is 11.6 Å². The van der Waals surface area contributed by atoms with E-state index in [1.54, 1.807) is 30.3 Å². The lowest BCUT2D eigenvalue weighted by molar-refractivity contribution is -0.121. The summed E-state index contributed by atoms with van der Waals surface area (Å²) in [5.74, 6) is -0.650. The van der Waals surface area contributed by atoms with Crippen LogP contribution in [0.25, 0.3) is 0 Å². The topological polar surface area (TPSA) is 110 Å². The number of primary sulfonamides is 1. The van der Waals surface area contributed by atoms with E-state index < -0.39 is 16.1 Å². The molecule has 0 aliphatic carbocycles. The first kappa shape index (κ1) is 19.5. The van der Waals surface area contributed by atoms with Crippen LogP contribution < -0.4 is 15.4 Å². The minimum atomic E-state index is -3.75. The van der Waals surface area contributed by atoms with Gasteiger partial charge in [0.25, 0.3) is 5.91 Å². The van der Waals surface area contributed by atoms with Crippen LogP contribution in [0.2, 0.25) is 5.02 Å². The Kier molecular flexibility index (Phi) is 5.34. The number of anilines is 1. The van der Waals surface area contributed by atoms with E-state index in [1.165, 1.54) is 12.1 Å². The van der Waals surface area contributed by atoms with Crippen molar-refractivity contribution in [1.29, 1.82) is 0 Å². The Morgan fingerprint density at radius 2 is 1.85 bits per heavy atom. The van der Waals surface area contributed by atoms with E-state index in [2.05, 4.69) is 5.32 Å². The van der Waals surface area contributed by atoms with Gasteiger partial charge < -0.3 is 5.32 Å². The Morgan fingerprint density at radius 3 is 2.44 bits per heavy atom. The fourth-order valence-corrected chi connectivity index (χ4v) is 3.51. The van der Waals surface area contributed by atoms with Crippen molar-refractivity contribution in [1.82, 2.24) is 5.32 Å². The highest BCUT2D eigenvalue weighted by Gasteiger charge is 2.39. The van der Waals surface area contributed by atoms with E-state index in [0.29, 0.717) is 17.3 Å². The van der Waals surface area contributed by atoms with Gasteiger partial charge in [-0.15, -0.1) is 0 Å². The second-order valence-electron chi connectivity index (χ2n) is 6.33. The van der Waals surface area contributed by atoms with Crippen molar-refractivity contribution in [2.45, 2.75) is 30.8 Å². The lowest BCUT2D eigenvalue weighted by Gasteiger charge is -2.16. The summed E-state index contributed by atoms with van der Waals surface area (Å²) in [6, 6.07) is 10.4. The first-order chi connectivity index (χ1) is 12.7. The van der Waals surface area contributed by atoms with Gasteiger partial charge in [-0.2, -0.15) is 0 Å². The van der Waals surface area contributed by atoms with Gasteiger partial charge >= 0.3 is 0 Å². The fourth-order valence-electron chi connectivity index (χ4n) is 2.82. The van der Waals surface area contributed by atoms with Crippen LogP contribution in [0.3, 0.4) is 0 Å². The highest BCUT2D eigenvalue weighted by molar-refractivity contribution is 7.89. The van der Waals surface area contributed by atoms with Crippen LogP contribution in [0, 0.1) is 6.92 Å². The summed E-state index contributed by atoms with van der Waals surface area (Å²) in [6.45, 7) is 2.14. The number of hydrogen-bond acceptors (Lipinski definition) is 5. The molecule has 0 bridgehead atoms. The molecule has 9 heteroatoms. The number of amides is 2. The third-order valence-electron chi connectivity index (χ3n) is 4.36. The number of benzene rings is 2. The minimum Gasteiger partial charge on any atom is -0.301 e.